The lowest BCUT2D eigenvalue weighted by Gasteiger charge is -2.03. The number of hydrogen-bond donors (Lipinski definition) is 1. The molecular weight excluding hydrogens is 190 g/mol. The predicted octanol–water partition coefficient (Wildman–Crippen LogP) is 3.18. The first-order valence-electron chi connectivity index (χ1n) is 4.98. The molecule has 1 aromatic carbocycles. The quantitative estimate of drug-likeness (QED) is 0.818. The van der Waals surface area contributed by atoms with Crippen LogP contribution in [0.25, 0.3) is 10.1 Å². The molecular formula is C12H15NS. The third kappa shape index (κ3) is 1.97. The Kier molecular flexibility index (Phi) is 2.85. The highest BCUT2D eigenvalue weighted by Gasteiger charge is 2.03. The molecule has 2 heteroatoms. The van der Waals surface area contributed by atoms with Crippen molar-refractivity contribution in [3.63, 3.8) is 0 Å². The Bertz CT molecular complexity index is 417. The zero-order valence-corrected chi connectivity index (χ0v) is 9.18. The summed E-state index contributed by atoms with van der Waals surface area (Å²) in [6.45, 7) is 2.06. The largest absolute Gasteiger partial charge is 0.328 e. The van der Waals surface area contributed by atoms with Crippen LogP contribution in [0, 0.1) is 0 Å². The van der Waals surface area contributed by atoms with Crippen LogP contribution in [0.5, 0.6) is 0 Å². The highest BCUT2D eigenvalue weighted by molar-refractivity contribution is 7.17. The molecule has 0 spiro atoms. The van der Waals surface area contributed by atoms with Crippen molar-refractivity contribution in [3.8, 4) is 0 Å². The number of aryl methyl sites for hydroxylation is 1. The molecule has 1 heterocycles. The summed E-state index contributed by atoms with van der Waals surface area (Å²) in [4.78, 5) is 0. The zero-order chi connectivity index (χ0) is 9.97. The van der Waals surface area contributed by atoms with Gasteiger partial charge in [0.1, 0.15) is 0 Å². The molecule has 0 saturated carbocycles. The summed E-state index contributed by atoms with van der Waals surface area (Å²) >= 11 is 1.82. The van der Waals surface area contributed by atoms with Gasteiger partial charge >= 0.3 is 0 Å². The van der Waals surface area contributed by atoms with E-state index >= 15 is 0 Å². The maximum absolute atomic E-state index is 5.76. The van der Waals surface area contributed by atoms with Crippen molar-refractivity contribution >= 4 is 21.4 Å². The van der Waals surface area contributed by atoms with Gasteiger partial charge in [0, 0.05) is 10.7 Å². The van der Waals surface area contributed by atoms with E-state index in [1.54, 1.807) is 0 Å². The van der Waals surface area contributed by atoms with Crippen molar-refractivity contribution in [1.82, 2.24) is 0 Å². The summed E-state index contributed by atoms with van der Waals surface area (Å²) in [6.07, 6.45) is 2.17. The van der Waals surface area contributed by atoms with Gasteiger partial charge in [-0.15, -0.1) is 11.3 Å². The van der Waals surface area contributed by atoms with E-state index in [9.17, 15) is 0 Å². The lowest BCUT2D eigenvalue weighted by Crippen LogP contribution is -2.15. The van der Waals surface area contributed by atoms with E-state index in [1.807, 2.05) is 11.3 Å². The summed E-state index contributed by atoms with van der Waals surface area (Å²) in [5, 5.41) is 3.66. The SMILES string of the molecule is CC(N)CCc1csc2ccccc12. The van der Waals surface area contributed by atoms with Gasteiger partial charge in [-0.1, -0.05) is 18.2 Å². The number of hydrogen-bond acceptors (Lipinski definition) is 2. The maximum Gasteiger partial charge on any atom is 0.0345 e. The average molecular weight is 205 g/mol. The maximum atomic E-state index is 5.76. The third-order valence-corrected chi connectivity index (χ3v) is 3.44. The van der Waals surface area contributed by atoms with Crippen LogP contribution < -0.4 is 5.73 Å². The number of thiophene rings is 1. The number of rotatable bonds is 3. The van der Waals surface area contributed by atoms with Crippen molar-refractivity contribution in [1.29, 1.82) is 0 Å². The Labute approximate surface area is 88.6 Å². The first-order valence-corrected chi connectivity index (χ1v) is 5.86. The Balaban J connectivity index is 2.25. The fourth-order valence-corrected chi connectivity index (χ4v) is 2.61. The van der Waals surface area contributed by atoms with Gasteiger partial charge in [0.25, 0.3) is 0 Å². The minimum Gasteiger partial charge on any atom is -0.328 e. The Hall–Kier alpha value is -0.860. The second-order valence-corrected chi connectivity index (χ2v) is 4.68. The summed E-state index contributed by atoms with van der Waals surface area (Å²) in [5.41, 5.74) is 7.20. The highest BCUT2D eigenvalue weighted by Crippen LogP contribution is 2.26. The number of fused-ring (bicyclic) bond motifs is 1. The lowest BCUT2D eigenvalue weighted by molar-refractivity contribution is 0.668. The summed E-state index contributed by atoms with van der Waals surface area (Å²) in [6, 6.07) is 8.87. The molecule has 0 saturated heterocycles. The minimum atomic E-state index is 0.300. The van der Waals surface area contributed by atoms with E-state index in [-0.39, 0.29) is 0 Å². The van der Waals surface area contributed by atoms with E-state index in [2.05, 4.69) is 36.6 Å². The minimum absolute atomic E-state index is 0.300. The Morgan fingerprint density at radius 3 is 2.93 bits per heavy atom. The van der Waals surface area contributed by atoms with Gasteiger partial charge in [0.15, 0.2) is 0 Å². The van der Waals surface area contributed by atoms with Gasteiger partial charge in [0.05, 0.1) is 0 Å². The number of benzene rings is 1. The average Bonchev–Trinajstić information content (AvgIpc) is 2.58. The van der Waals surface area contributed by atoms with Crippen molar-refractivity contribution in [2.24, 2.45) is 5.73 Å². The molecule has 1 nitrogen and oxygen atoms in total. The van der Waals surface area contributed by atoms with Crippen LogP contribution in [0.15, 0.2) is 29.6 Å². The molecule has 0 aliphatic carbocycles. The van der Waals surface area contributed by atoms with Crippen molar-refractivity contribution in [2.75, 3.05) is 0 Å². The van der Waals surface area contributed by atoms with Crippen molar-refractivity contribution in [2.45, 2.75) is 25.8 Å². The molecule has 0 aliphatic rings. The van der Waals surface area contributed by atoms with E-state index in [1.165, 1.54) is 15.6 Å². The second kappa shape index (κ2) is 4.11. The van der Waals surface area contributed by atoms with Gasteiger partial charge < -0.3 is 5.73 Å². The topological polar surface area (TPSA) is 26.0 Å². The van der Waals surface area contributed by atoms with E-state index in [0.717, 1.165) is 12.8 Å². The molecule has 2 N–H and O–H groups in total. The molecule has 1 unspecified atom stereocenters. The van der Waals surface area contributed by atoms with Crippen LogP contribution >= 0.6 is 11.3 Å². The normalized spacial score (nSPS) is 13.3. The summed E-state index contributed by atoms with van der Waals surface area (Å²) in [5.74, 6) is 0. The van der Waals surface area contributed by atoms with Crippen molar-refractivity contribution < 1.29 is 0 Å². The molecule has 14 heavy (non-hydrogen) atoms. The molecule has 1 atom stereocenters. The Morgan fingerprint density at radius 1 is 1.36 bits per heavy atom. The first kappa shape index (κ1) is 9.69. The predicted molar refractivity (Wildman–Crippen MR) is 63.8 cm³/mol. The second-order valence-electron chi connectivity index (χ2n) is 3.77. The molecule has 0 bridgehead atoms. The zero-order valence-electron chi connectivity index (χ0n) is 8.36. The number of nitrogens with two attached hydrogens (primary N) is 1. The van der Waals surface area contributed by atoms with Crippen molar-refractivity contribution in [3.05, 3.63) is 35.2 Å². The standard InChI is InChI=1S/C12H15NS/c1-9(13)6-7-10-8-14-12-5-3-2-4-11(10)12/h2-5,8-9H,6-7,13H2,1H3. The van der Waals surface area contributed by atoms with Crippen LogP contribution in [0.3, 0.4) is 0 Å². The molecule has 74 valence electrons. The van der Waals surface area contributed by atoms with Gasteiger partial charge in [-0.2, -0.15) is 0 Å². The fourth-order valence-electron chi connectivity index (χ4n) is 1.61. The smallest absolute Gasteiger partial charge is 0.0345 e. The van der Waals surface area contributed by atoms with E-state index in [4.69, 9.17) is 5.73 Å². The highest BCUT2D eigenvalue weighted by atomic mass is 32.1. The molecule has 0 amide bonds. The van der Waals surface area contributed by atoms with Crippen LogP contribution in [-0.4, -0.2) is 6.04 Å². The van der Waals surface area contributed by atoms with Crippen LogP contribution in [0.2, 0.25) is 0 Å². The van der Waals surface area contributed by atoms with Crippen LogP contribution in [-0.2, 0) is 6.42 Å². The van der Waals surface area contributed by atoms with Crippen LogP contribution in [0.1, 0.15) is 18.9 Å². The first-order chi connectivity index (χ1) is 6.77. The van der Waals surface area contributed by atoms with Crippen LogP contribution in [0.4, 0.5) is 0 Å². The molecule has 0 radical (unpaired) electrons. The van der Waals surface area contributed by atoms with E-state index in [0.29, 0.717) is 6.04 Å². The monoisotopic (exact) mass is 205 g/mol. The van der Waals surface area contributed by atoms with Gasteiger partial charge in [-0.3, -0.25) is 0 Å². The van der Waals surface area contributed by atoms with Gasteiger partial charge in [-0.05, 0) is 42.2 Å². The molecule has 0 fully saturated rings. The fraction of sp³-hybridized carbons (Fsp3) is 0.333. The molecule has 1 aromatic heterocycles. The Morgan fingerprint density at radius 2 is 2.14 bits per heavy atom. The van der Waals surface area contributed by atoms with Gasteiger partial charge in [-0.25, -0.2) is 0 Å². The van der Waals surface area contributed by atoms with E-state index < -0.39 is 0 Å². The molecule has 2 rings (SSSR count). The molecule has 0 aliphatic heterocycles. The lowest BCUT2D eigenvalue weighted by atomic mass is 10.1. The summed E-state index contributed by atoms with van der Waals surface area (Å²) in [7, 11) is 0. The molecule has 2 aromatic rings. The third-order valence-electron chi connectivity index (χ3n) is 2.43. The van der Waals surface area contributed by atoms with Gasteiger partial charge in [0.2, 0.25) is 0 Å². The summed E-state index contributed by atoms with van der Waals surface area (Å²) < 4.78 is 1.38.